The molecule has 1 aromatic carbocycles. The quantitative estimate of drug-likeness (QED) is 0.766. The van der Waals surface area contributed by atoms with Crippen molar-refractivity contribution >= 4 is 33.3 Å². The lowest BCUT2D eigenvalue weighted by molar-refractivity contribution is -0.125. The van der Waals surface area contributed by atoms with E-state index < -0.39 is 18.4 Å². The van der Waals surface area contributed by atoms with Gasteiger partial charge in [0.2, 0.25) is 5.91 Å². The Kier molecular flexibility index (Phi) is 3.90. The summed E-state index contributed by atoms with van der Waals surface area (Å²) in [5, 5.41) is 0. The largest absolute Gasteiger partial charge is 0.396 e. The Balaban J connectivity index is 2.39. The highest BCUT2D eigenvalue weighted by Gasteiger charge is 2.33. The van der Waals surface area contributed by atoms with Crippen LogP contribution in [0.2, 0.25) is 0 Å². The molecule has 108 valence electrons. The Hall–Kier alpha value is -1.37. The van der Waals surface area contributed by atoms with E-state index in [9.17, 15) is 22.8 Å². The third-order valence-corrected chi connectivity index (χ3v) is 3.76. The van der Waals surface area contributed by atoms with E-state index in [-0.39, 0.29) is 11.5 Å². The van der Waals surface area contributed by atoms with Gasteiger partial charge in [-0.15, -0.1) is 0 Å². The lowest BCUT2D eigenvalue weighted by atomic mass is 10.0. The second-order valence-corrected chi connectivity index (χ2v) is 5.45. The zero-order chi connectivity index (χ0) is 15.1. The number of rotatable bonds is 2. The molecule has 0 unspecified atom stereocenters. The first-order chi connectivity index (χ1) is 9.19. The van der Waals surface area contributed by atoms with Gasteiger partial charge in [-0.2, -0.15) is 13.2 Å². The molecular formula is C13H11BrF3NO2. The number of anilines is 1. The Bertz CT molecular complexity index is 584. The van der Waals surface area contributed by atoms with E-state index in [0.29, 0.717) is 23.1 Å². The standard InChI is InChI=1S/C13H11BrF3NO2/c1-7(19)18-3-2-8-4-10(14)9(5-11(8)18)12(20)6-13(15,16)17/h4-5H,2-3,6H2,1H3. The summed E-state index contributed by atoms with van der Waals surface area (Å²) in [6, 6.07) is 2.98. The first-order valence-corrected chi connectivity index (χ1v) is 6.69. The molecule has 0 spiro atoms. The van der Waals surface area contributed by atoms with Gasteiger partial charge in [-0.3, -0.25) is 9.59 Å². The smallest absolute Gasteiger partial charge is 0.312 e. The van der Waals surface area contributed by atoms with Crippen LogP contribution in [-0.4, -0.2) is 24.4 Å². The van der Waals surface area contributed by atoms with Crippen LogP contribution in [0.15, 0.2) is 16.6 Å². The van der Waals surface area contributed by atoms with Crippen LogP contribution in [-0.2, 0) is 11.2 Å². The number of carbonyl (C=O) groups excluding carboxylic acids is 2. The summed E-state index contributed by atoms with van der Waals surface area (Å²) >= 11 is 3.12. The van der Waals surface area contributed by atoms with Crippen molar-refractivity contribution in [3.8, 4) is 0 Å². The second-order valence-electron chi connectivity index (χ2n) is 4.60. The molecule has 0 radical (unpaired) electrons. The van der Waals surface area contributed by atoms with Crippen LogP contribution in [0.25, 0.3) is 0 Å². The maximum absolute atomic E-state index is 12.3. The SMILES string of the molecule is CC(=O)N1CCc2cc(Br)c(C(=O)CC(F)(F)F)cc21. The lowest BCUT2D eigenvalue weighted by Gasteiger charge is -2.16. The summed E-state index contributed by atoms with van der Waals surface area (Å²) in [6.07, 6.45) is -5.43. The fourth-order valence-corrected chi connectivity index (χ4v) is 2.84. The predicted octanol–water partition coefficient (Wildman–Crippen LogP) is 3.49. The molecule has 0 atom stereocenters. The molecule has 2 rings (SSSR count). The Morgan fingerprint density at radius 3 is 2.55 bits per heavy atom. The van der Waals surface area contributed by atoms with Crippen molar-refractivity contribution in [2.45, 2.75) is 25.9 Å². The average Bonchev–Trinajstić information content (AvgIpc) is 2.67. The van der Waals surface area contributed by atoms with Gasteiger partial charge in [-0.05, 0) is 24.1 Å². The minimum Gasteiger partial charge on any atom is -0.312 e. The second kappa shape index (κ2) is 5.20. The summed E-state index contributed by atoms with van der Waals surface area (Å²) < 4.78 is 37.2. The van der Waals surface area contributed by atoms with E-state index in [1.165, 1.54) is 17.9 Å². The molecule has 0 bridgehead atoms. The maximum Gasteiger partial charge on any atom is 0.396 e. The van der Waals surface area contributed by atoms with Gasteiger partial charge in [0, 0.05) is 29.2 Å². The number of hydrogen-bond donors (Lipinski definition) is 0. The first kappa shape index (κ1) is 15.0. The fraction of sp³-hybridized carbons (Fsp3) is 0.385. The molecule has 0 saturated heterocycles. The van der Waals surface area contributed by atoms with Crippen molar-refractivity contribution < 1.29 is 22.8 Å². The van der Waals surface area contributed by atoms with Gasteiger partial charge < -0.3 is 4.90 Å². The zero-order valence-corrected chi connectivity index (χ0v) is 12.1. The van der Waals surface area contributed by atoms with Gasteiger partial charge in [-0.1, -0.05) is 15.9 Å². The van der Waals surface area contributed by atoms with Crippen LogP contribution in [0.5, 0.6) is 0 Å². The van der Waals surface area contributed by atoms with Crippen molar-refractivity contribution in [3.05, 3.63) is 27.7 Å². The first-order valence-electron chi connectivity index (χ1n) is 5.89. The number of halogens is 4. The number of amides is 1. The van der Waals surface area contributed by atoms with Gasteiger partial charge in [0.05, 0.1) is 0 Å². The zero-order valence-electron chi connectivity index (χ0n) is 10.6. The highest BCUT2D eigenvalue weighted by atomic mass is 79.9. The number of hydrogen-bond acceptors (Lipinski definition) is 2. The average molecular weight is 350 g/mol. The molecule has 3 nitrogen and oxygen atoms in total. The molecule has 0 aliphatic carbocycles. The topological polar surface area (TPSA) is 37.4 Å². The number of carbonyl (C=O) groups is 2. The maximum atomic E-state index is 12.3. The fourth-order valence-electron chi connectivity index (χ4n) is 2.23. The van der Waals surface area contributed by atoms with Gasteiger partial charge in [0.15, 0.2) is 5.78 Å². The van der Waals surface area contributed by atoms with Crippen molar-refractivity contribution in [2.75, 3.05) is 11.4 Å². The van der Waals surface area contributed by atoms with Gasteiger partial charge >= 0.3 is 6.18 Å². The number of nitrogens with zero attached hydrogens (tertiary/aromatic N) is 1. The molecule has 0 N–H and O–H groups in total. The minimum atomic E-state index is -4.55. The molecular weight excluding hydrogens is 339 g/mol. The van der Waals surface area contributed by atoms with E-state index in [0.717, 1.165) is 5.56 Å². The van der Waals surface area contributed by atoms with E-state index in [2.05, 4.69) is 15.9 Å². The Morgan fingerprint density at radius 2 is 2.00 bits per heavy atom. The summed E-state index contributed by atoms with van der Waals surface area (Å²) in [6.45, 7) is 1.86. The third kappa shape index (κ3) is 3.03. The number of fused-ring (bicyclic) bond motifs is 1. The highest BCUT2D eigenvalue weighted by Crippen LogP contribution is 2.35. The van der Waals surface area contributed by atoms with E-state index in [4.69, 9.17) is 0 Å². The summed E-state index contributed by atoms with van der Waals surface area (Å²) in [5.41, 5.74) is 1.32. The number of Topliss-reactive ketones (excluding diaryl/α,β-unsaturated/α-hetero) is 1. The Morgan fingerprint density at radius 1 is 1.35 bits per heavy atom. The molecule has 1 aliphatic heterocycles. The van der Waals surface area contributed by atoms with Gasteiger partial charge in [0.25, 0.3) is 0 Å². The van der Waals surface area contributed by atoms with Crippen LogP contribution >= 0.6 is 15.9 Å². The number of benzene rings is 1. The van der Waals surface area contributed by atoms with Crippen LogP contribution in [0.3, 0.4) is 0 Å². The Labute approximate surface area is 121 Å². The molecule has 0 aromatic heterocycles. The summed E-state index contributed by atoms with van der Waals surface area (Å²) in [7, 11) is 0. The van der Waals surface area contributed by atoms with Crippen LogP contribution in [0, 0.1) is 0 Å². The molecule has 0 fully saturated rings. The van der Waals surface area contributed by atoms with E-state index in [1.807, 2.05) is 0 Å². The monoisotopic (exact) mass is 349 g/mol. The van der Waals surface area contributed by atoms with Crippen molar-refractivity contribution in [1.29, 1.82) is 0 Å². The summed E-state index contributed by atoms with van der Waals surface area (Å²) in [5.74, 6) is -1.21. The van der Waals surface area contributed by atoms with E-state index in [1.54, 1.807) is 6.07 Å². The minimum absolute atomic E-state index is 0.0470. The van der Waals surface area contributed by atoms with Crippen LogP contribution in [0.4, 0.5) is 18.9 Å². The van der Waals surface area contributed by atoms with Crippen LogP contribution in [0.1, 0.15) is 29.3 Å². The normalized spacial score (nSPS) is 14.3. The van der Waals surface area contributed by atoms with Crippen molar-refractivity contribution in [3.63, 3.8) is 0 Å². The molecule has 1 amide bonds. The van der Waals surface area contributed by atoms with Gasteiger partial charge in [0.1, 0.15) is 6.42 Å². The summed E-state index contributed by atoms with van der Waals surface area (Å²) in [4.78, 5) is 24.6. The third-order valence-electron chi connectivity index (χ3n) is 3.11. The molecule has 20 heavy (non-hydrogen) atoms. The number of ketones is 1. The molecule has 1 heterocycles. The van der Waals surface area contributed by atoms with Crippen LogP contribution < -0.4 is 4.90 Å². The molecule has 7 heteroatoms. The van der Waals surface area contributed by atoms with Crippen molar-refractivity contribution in [2.24, 2.45) is 0 Å². The molecule has 1 aromatic rings. The predicted molar refractivity (Wildman–Crippen MR) is 70.9 cm³/mol. The number of alkyl halides is 3. The van der Waals surface area contributed by atoms with Gasteiger partial charge in [-0.25, -0.2) is 0 Å². The lowest BCUT2D eigenvalue weighted by Crippen LogP contribution is -2.26. The van der Waals surface area contributed by atoms with Crippen molar-refractivity contribution in [1.82, 2.24) is 0 Å². The van der Waals surface area contributed by atoms with E-state index >= 15 is 0 Å². The molecule has 1 aliphatic rings. The highest BCUT2D eigenvalue weighted by molar-refractivity contribution is 9.10. The molecule has 0 saturated carbocycles.